The Hall–Kier alpha value is -4.76. The molecule has 39 heavy (non-hydrogen) atoms. The molecule has 1 aliphatic heterocycles. The van der Waals surface area contributed by atoms with Crippen molar-refractivity contribution in [2.75, 3.05) is 4.90 Å². The van der Waals surface area contributed by atoms with Gasteiger partial charge in [0.05, 0.1) is 11.3 Å². The number of carbonyl (C=O) groups excluding carboxylic acids is 2. The summed E-state index contributed by atoms with van der Waals surface area (Å²) in [5, 5.41) is 2.48. The van der Waals surface area contributed by atoms with Gasteiger partial charge < -0.3 is 4.74 Å². The molecule has 5 nitrogen and oxygen atoms in total. The molecule has 0 spiro atoms. The second-order valence-electron chi connectivity index (χ2n) is 8.57. The van der Waals surface area contributed by atoms with E-state index in [2.05, 4.69) is 5.32 Å². The van der Waals surface area contributed by atoms with Crippen LogP contribution in [0.1, 0.15) is 11.1 Å². The summed E-state index contributed by atoms with van der Waals surface area (Å²) in [6.07, 6.45) is -3.01. The van der Waals surface area contributed by atoms with Gasteiger partial charge in [-0.3, -0.25) is 19.8 Å². The SMILES string of the molecule is O=C1NC(=S)N(c2ccc(Oc3ccccc3)cc2)C(=O)C1=Cc1cccc(-c2ccc(C(F)(F)F)cc2)c1. The number of ether oxygens (including phenoxy) is 1. The first-order valence-electron chi connectivity index (χ1n) is 11.7. The third-order valence-corrected chi connectivity index (χ3v) is 6.20. The molecule has 2 amide bonds. The highest BCUT2D eigenvalue weighted by Crippen LogP contribution is 2.32. The summed E-state index contributed by atoms with van der Waals surface area (Å²) >= 11 is 5.27. The molecule has 194 valence electrons. The van der Waals surface area contributed by atoms with E-state index >= 15 is 0 Å². The predicted octanol–water partition coefficient (Wildman–Crippen LogP) is 7.00. The standard InChI is InChI=1S/C30H19F3N2O3S/c31-30(32,33)22-11-9-20(10-12-22)21-6-4-5-19(17-21)18-26-27(36)34-29(39)35(28(26)37)23-13-15-25(16-14-23)38-24-7-2-1-3-8-24/h1-18H,(H,34,36,39). The lowest BCUT2D eigenvalue weighted by Crippen LogP contribution is -2.54. The molecule has 0 atom stereocenters. The Balaban J connectivity index is 1.39. The maximum absolute atomic E-state index is 13.4. The first kappa shape index (κ1) is 25.9. The van der Waals surface area contributed by atoms with Gasteiger partial charge in [0, 0.05) is 0 Å². The zero-order valence-corrected chi connectivity index (χ0v) is 20.9. The highest BCUT2D eigenvalue weighted by molar-refractivity contribution is 7.80. The summed E-state index contributed by atoms with van der Waals surface area (Å²) in [6.45, 7) is 0. The maximum atomic E-state index is 13.4. The van der Waals surface area contributed by atoms with E-state index < -0.39 is 23.6 Å². The highest BCUT2D eigenvalue weighted by Gasteiger charge is 2.34. The van der Waals surface area contributed by atoms with E-state index in [0.717, 1.165) is 12.1 Å². The van der Waals surface area contributed by atoms with Crippen LogP contribution >= 0.6 is 12.2 Å². The number of para-hydroxylation sites is 1. The van der Waals surface area contributed by atoms with Gasteiger partial charge in [0.1, 0.15) is 17.1 Å². The average molecular weight is 545 g/mol. The van der Waals surface area contributed by atoms with Crippen LogP contribution in [0.2, 0.25) is 0 Å². The number of halogens is 3. The van der Waals surface area contributed by atoms with Crippen molar-refractivity contribution < 1.29 is 27.5 Å². The van der Waals surface area contributed by atoms with Crippen LogP contribution in [0.5, 0.6) is 11.5 Å². The molecule has 0 saturated carbocycles. The lowest BCUT2D eigenvalue weighted by Gasteiger charge is -2.29. The van der Waals surface area contributed by atoms with E-state index in [9.17, 15) is 22.8 Å². The van der Waals surface area contributed by atoms with Crippen molar-refractivity contribution in [1.82, 2.24) is 5.32 Å². The molecule has 4 aromatic rings. The predicted molar refractivity (Wildman–Crippen MR) is 146 cm³/mol. The van der Waals surface area contributed by atoms with Gasteiger partial charge >= 0.3 is 6.18 Å². The third kappa shape index (κ3) is 5.73. The van der Waals surface area contributed by atoms with Crippen molar-refractivity contribution >= 4 is 40.9 Å². The van der Waals surface area contributed by atoms with E-state index in [1.165, 1.54) is 23.1 Å². The Morgan fingerprint density at radius 3 is 2.10 bits per heavy atom. The van der Waals surface area contributed by atoms with E-state index in [0.29, 0.717) is 33.9 Å². The Labute approximate surface area is 227 Å². The van der Waals surface area contributed by atoms with Gasteiger partial charge in [0.25, 0.3) is 11.8 Å². The molecular weight excluding hydrogens is 525 g/mol. The van der Waals surface area contributed by atoms with Gasteiger partial charge in [0.15, 0.2) is 5.11 Å². The molecule has 0 aliphatic carbocycles. The molecular formula is C30H19F3N2O3S. The zero-order valence-electron chi connectivity index (χ0n) is 20.1. The Kier molecular flexibility index (Phi) is 7.00. The molecule has 0 bridgehead atoms. The number of hydrogen-bond donors (Lipinski definition) is 1. The largest absolute Gasteiger partial charge is 0.457 e. The monoisotopic (exact) mass is 544 g/mol. The van der Waals surface area contributed by atoms with Crippen molar-refractivity contribution in [3.8, 4) is 22.6 Å². The number of alkyl halides is 3. The van der Waals surface area contributed by atoms with Crippen LogP contribution in [0.15, 0.2) is 109 Å². The molecule has 1 heterocycles. The van der Waals surface area contributed by atoms with Gasteiger partial charge in [-0.1, -0.05) is 48.5 Å². The summed E-state index contributed by atoms with van der Waals surface area (Å²) in [4.78, 5) is 27.3. The van der Waals surface area contributed by atoms with Crippen molar-refractivity contribution in [2.45, 2.75) is 6.18 Å². The number of carbonyl (C=O) groups is 2. The highest BCUT2D eigenvalue weighted by atomic mass is 32.1. The van der Waals surface area contributed by atoms with E-state index in [4.69, 9.17) is 17.0 Å². The number of thiocarbonyl (C=S) groups is 1. The molecule has 5 rings (SSSR count). The number of rotatable bonds is 5. The van der Waals surface area contributed by atoms with Crippen molar-refractivity contribution in [1.29, 1.82) is 0 Å². The quantitative estimate of drug-likeness (QED) is 0.167. The van der Waals surface area contributed by atoms with Crippen LogP contribution < -0.4 is 15.0 Å². The summed E-state index contributed by atoms with van der Waals surface area (Å²) in [6, 6.07) is 27.5. The summed E-state index contributed by atoms with van der Waals surface area (Å²) in [7, 11) is 0. The number of amides is 2. The minimum atomic E-state index is -4.43. The zero-order chi connectivity index (χ0) is 27.6. The fourth-order valence-electron chi connectivity index (χ4n) is 4.01. The lowest BCUT2D eigenvalue weighted by molar-refractivity contribution is -0.137. The molecule has 1 fully saturated rings. The van der Waals surface area contributed by atoms with Crippen LogP contribution in [-0.2, 0) is 15.8 Å². The van der Waals surface area contributed by atoms with Crippen LogP contribution in [0.25, 0.3) is 17.2 Å². The van der Waals surface area contributed by atoms with Gasteiger partial charge in [0.2, 0.25) is 0 Å². The Morgan fingerprint density at radius 1 is 0.769 bits per heavy atom. The van der Waals surface area contributed by atoms with Gasteiger partial charge in [-0.25, -0.2) is 0 Å². The fraction of sp³-hybridized carbons (Fsp3) is 0.0333. The van der Waals surface area contributed by atoms with Crippen molar-refractivity contribution in [2.24, 2.45) is 0 Å². The second-order valence-corrected chi connectivity index (χ2v) is 8.95. The van der Waals surface area contributed by atoms with Gasteiger partial charge in [-0.15, -0.1) is 0 Å². The molecule has 1 saturated heterocycles. The molecule has 0 unspecified atom stereocenters. The minimum Gasteiger partial charge on any atom is -0.457 e. The molecule has 1 aliphatic rings. The summed E-state index contributed by atoms with van der Waals surface area (Å²) in [5.74, 6) is -0.0448. The van der Waals surface area contributed by atoms with Crippen LogP contribution in [0.3, 0.4) is 0 Å². The number of anilines is 1. The first-order chi connectivity index (χ1) is 18.7. The number of nitrogens with one attached hydrogen (secondary N) is 1. The Bertz CT molecular complexity index is 1580. The smallest absolute Gasteiger partial charge is 0.416 e. The van der Waals surface area contributed by atoms with Crippen LogP contribution in [0, 0.1) is 0 Å². The van der Waals surface area contributed by atoms with Gasteiger partial charge in [-0.2, -0.15) is 13.2 Å². The van der Waals surface area contributed by atoms with Crippen molar-refractivity contribution in [3.05, 3.63) is 120 Å². The topological polar surface area (TPSA) is 58.6 Å². The number of nitrogens with zero attached hydrogens (tertiary/aromatic N) is 1. The number of benzene rings is 4. The normalized spacial score (nSPS) is 14.9. The molecule has 1 N–H and O–H groups in total. The molecule has 9 heteroatoms. The Morgan fingerprint density at radius 2 is 1.44 bits per heavy atom. The minimum absolute atomic E-state index is 0.0580. The molecule has 4 aromatic carbocycles. The molecule has 0 radical (unpaired) electrons. The van der Waals surface area contributed by atoms with Gasteiger partial charge in [-0.05, 0) is 89.6 Å². The van der Waals surface area contributed by atoms with E-state index in [1.54, 1.807) is 48.5 Å². The van der Waals surface area contributed by atoms with Crippen molar-refractivity contribution in [3.63, 3.8) is 0 Å². The summed E-state index contributed by atoms with van der Waals surface area (Å²) < 4.78 is 44.5. The van der Waals surface area contributed by atoms with Crippen LogP contribution in [-0.4, -0.2) is 16.9 Å². The first-order valence-corrected chi connectivity index (χ1v) is 12.1. The summed E-state index contributed by atoms with van der Waals surface area (Å²) in [5.41, 5.74) is 1.26. The van der Waals surface area contributed by atoms with Crippen LogP contribution in [0.4, 0.5) is 18.9 Å². The maximum Gasteiger partial charge on any atom is 0.416 e. The van der Waals surface area contributed by atoms with E-state index in [1.807, 2.05) is 30.3 Å². The lowest BCUT2D eigenvalue weighted by atomic mass is 10.00. The third-order valence-electron chi connectivity index (χ3n) is 5.92. The van der Waals surface area contributed by atoms with E-state index in [-0.39, 0.29) is 10.7 Å². The average Bonchev–Trinajstić information content (AvgIpc) is 2.92. The fourth-order valence-corrected chi connectivity index (χ4v) is 4.29. The molecule has 0 aromatic heterocycles. The second kappa shape index (κ2) is 10.5. The number of hydrogen-bond acceptors (Lipinski definition) is 4.